The monoisotopic (exact) mass is 319 g/mol. The maximum Gasteiger partial charge on any atom is 0.411 e. The van der Waals surface area contributed by atoms with E-state index in [1.807, 2.05) is 30.3 Å². The standard InChI is InChI=1S/C16H17NO6/c1-11(23-15(21)17-16(9-10-16)14(19)20)22-13(18)8-7-12-5-3-2-4-6-12/h2-8,11H,9-10H2,1H3,(H,17,21)(H,19,20). The predicted octanol–water partition coefficient (Wildman–Crippen LogP) is 1.93. The second kappa shape index (κ2) is 6.95. The Morgan fingerprint density at radius 3 is 2.43 bits per heavy atom. The number of aliphatic carboxylic acids is 1. The van der Waals surface area contributed by atoms with E-state index in [2.05, 4.69) is 5.32 Å². The quantitative estimate of drug-likeness (QED) is 0.472. The molecule has 1 aliphatic carbocycles. The summed E-state index contributed by atoms with van der Waals surface area (Å²) in [6.45, 7) is 1.37. The third-order valence-electron chi connectivity index (χ3n) is 3.27. The zero-order valence-corrected chi connectivity index (χ0v) is 12.5. The van der Waals surface area contributed by atoms with Crippen LogP contribution in [0, 0.1) is 0 Å². The van der Waals surface area contributed by atoms with Crippen LogP contribution in [0.2, 0.25) is 0 Å². The van der Waals surface area contributed by atoms with Crippen LogP contribution in [0.5, 0.6) is 0 Å². The minimum atomic E-state index is -1.24. The average molecular weight is 319 g/mol. The third kappa shape index (κ3) is 4.84. The van der Waals surface area contributed by atoms with Gasteiger partial charge in [0.25, 0.3) is 0 Å². The number of carboxylic acids is 1. The highest BCUT2D eigenvalue weighted by molar-refractivity contribution is 5.88. The van der Waals surface area contributed by atoms with E-state index in [1.54, 1.807) is 6.08 Å². The van der Waals surface area contributed by atoms with E-state index in [0.717, 1.165) is 5.56 Å². The van der Waals surface area contributed by atoms with Gasteiger partial charge in [0.15, 0.2) is 0 Å². The number of ether oxygens (including phenoxy) is 2. The SMILES string of the molecule is CC(OC(=O)C=Cc1ccccc1)OC(=O)NC1(C(=O)O)CC1. The minimum Gasteiger partial charge on any atom is -0.480 e. The molecule has 1 unspecified atom stereocenters. The number of hydrogen-bond donors (Lipinski definition) is 2. The van der Waals surface area contributed by atoms with Gasteiger partial charge in [-0.25, -0.2) is 14.4 Å². The number of nitrogens with one attached hydrogen (secondary N) is 1. The summed E-state index contributed by atoms with van der Waals surface area (Å²) < 4.78 is 9.69. The lowest BCUT2D eigenvalue weighted by Gasteiger charge is -2.16. The molecule has 0 saturated heterocycles. The summed E-state index contributed by atoms with van der Waals surface area (Å²) in [4.78, 5) is 34.1. The number of rotatable bonds is 6. The van der Waals surface area contributed by atoms with Crippen molar-refractivity contribution in [1.29, 1.82) is 0 Å². The van der Waals surface area contributed by atoms with E-state index in [4.69, 9.17) is 14.6 Å². The number of alkyl carbamates (subject to hydrolysis) is 1. The molecule has 1 atom stereocenters. The van der Waals surface area contributed by atoms with Gasteiger partial charge in [-0.3, -0.25) is 0 Å². The lowest BCUT2D eigenvalue weighted by molar-refractivity contribution is -0.159. The Bertz CT molecular complexity index is 621. The average Bonchev–Trinajstić information content (AvgIpc) is 3.26. The summed E-state index contributed by atoms with van der Waals surface area (Å²) in [5.74, 6) is -1.78. The molecule has 0 bridgehead atoms. The minimum absolute atomic E-state index is 0.353. The van der Waals surface area contributed by atoms with Crippen molar-refractivity contribution in [2.24, 2.45) is 0 Å². The summed E-state index contributed by atoms with van der Waals surface area (Å²) in [5, 5.41) is 11.2. The largest absolute Gasteiger partial charge is 0.480 e. The molecule has 0 aromatic heterocycles. The molecule has 7 nitrogen and oxygen atoms in total. The Morgan fingerprint density at radius 1 is 1.22 bits per heavy atom. The zero-order chi connectivity index (χ0) is 16.9. The summed E-state index contributed by atoms with van der Waals surface area (Å²) >= 11 is 0. The second-order valence-electron chi connectivity index (χ2n) is 5.17. The normalized spacial score (nSPS) is 16.4. The van der Waals surface area contributed by atoms with Gasteiger partial charge >= 0.3 is 18.0 Å². The number of carbonyl (C=O) groups is 3. The van der Waals surface area contributed by atoms with E-state index in [-0.39, 0.29) is 0 Å². The molecule has 7 heteroatoms. The van der Waals surface area contributed by atoms with Crippen LogP contribution in [0.25, 0.3) is 6.08 Å². The Balaban J connectivity index is 1.77. The van der Waals surface area contributed by atoms with Crippen LogP contribution < -0.4 is 5.32 Å². The van der Waals surface area contributed by atoms with Crippen LogP contribution in [-0.2, 0) is 19.1 Å². The summed E-state index contributed by atoms with van der Waals surface area (Å²) in [6.07, 6.45) is 1.42. The van der Waals surface area contributed by atoms with Crippen molar-refractivity contribution < 1.29 is 29.0 Å². The van der Waals surface area contributed by atoms with Crippen molar-refractivity contribution in [2.45, 2.75) is 31.6 Å². The molecule has 0 heterocycles. The first-order valence-corrected chi connectivity index (χ1v) is 7.07. The highest BCUT2D eigenvalue weighted by atomic mass is 16.7. The summed E-state index contributed by atoms with van der Waals surface area (Å²) in [6, 6.07) is 9.15. The van der Waals surface area contributed by atoms with Crippen molar-refractivity contribution in [2.75, 3.05) is 0 Å². The van der Waals surface area contributed by atoms with Crippen molar-refractivity contribution in [3.63, 3.8) is 0 Å². The zero-order valence-electron chi connectivity index (χ0n) is 12.5. The Morgan fingerprint density at radius 2 is 1.87 bits per heavy atom. The molecule has 1 aliphatic rings. The smallest absolute Gasteiger partial charge is 0.411 e. The molecule has 2 N–H and O–H groups in total. The van der Waals surface area contributed by atoms with Gasteiger partial charge in [0, 0.05) is 13.0 Å². The lowest BCUT2D eigenvalue weighted by Crippen LogP contribution is -2.44. The number of esters is 1. The molecule has 23 heavy (non-hydrogen) atoms. The van der Waals surface area contributed by atoms with Gasteiger partial charge in [0.05, 0.1) is 0 Å². The van der Waals surface area contributed by atoms with E-state index >= 15 is 0 Å². The number of benzene rings is 1. The molecule has 0 spiro atoms. The molecule has 122 valence electrons. The fraction of sp³-hybridized carbons (Fsp3) is 0.312. The molecule has 1 saturated carbocycles. The van der Waals surface area contributed by atoms with Gasteiger partial charge in [0.1, 0.15) is 5.54 Å². The van der Waals surface area contributed by atoms with Crippen LogP contribution in [0.15, 0.2) is 36.4 Å². The van der Waals surface area contributed by atoms with Crippen LogP contribution in [0.3, 0.4) is 0 Å². The number of hydrogen-bond acceptors (Lipinski definition) is 5. The molecule has 1 fully saturated rings. The first-order valence-electron chi connectivity index (χ1n) is 7.07. The van der Waals surface area contributed by atoms with E-state index in [0.29, 0.717) is 12.8 Å². The Hall–Kier alpha value is -2.83. The maximum absolute atomic E-state index is 11.6. The van der Waals surface area contributed by atoms with E-state index in [1.165, 1.54) is 13.0 Å². The second-order valence-corrected chi connectivity index (χ2v) is 5.17. The van der Waals surface area contributed by atoms with Crippen molar-refractivity contribution in [3.8, 4) is 0 Å². The summed E-state index contributed by atoms with van der Waals surface area (Å²) in [7, 11) is 0. The Labute approximate surface area is 132 Å². The van der Waals surface area contributed by atoms with Crippen LogP contribution in [0.4, 0.5) is 4.79 Å². The van der Waals surface area contributed by atoms with Gasteiger partial charge in [-0.2, -0.15) is 0 Å². The maximum atomic E-state index is 11.6. The van der Waals surface area contributed by atoms with Gasteiger partial charge < -0.3 is 19.9 Å². The highest BCUT2D eigenvalue weighted by Crippen LogP contribution is 2.35. The van der Waals surface area contributed by atoms with Crippen LogP contribution in [-0.4, -0.2) is 35.0 Å². The molecule has 0 aliphatic heterocycles. The predicted molar refractivity (Wildman–Crippen MR) is 80.2 cm³/mol. The summed E-state index contributed by atoms with van der Waals surface area (Å²) in [5.41, 5.74) is -0.415. The van der Waals surface area contributed by atoms with Crippen molar-refractivity contribution >= 4 is 24.1 Å². The van der Waals surface area contributed by atoms with Crippen LogP contribution >= 0.6 is 0 Å². The number of amides is 1. The number of carboxylic acid groups (broad SMARTS) is 1. The van der Waals surface area contributed by atoms with E-state index < -0.39 is 29.9 Å². The molecule has 1 amide bonds. The fourth-order valence-electron chi connectivity index (χ4n) is 1.85. The molecule has 1 aromatic rings. The van der Waals surface area contributed by atoms with Gasteiger partial charge in [-0.15, -0.1) is 0 Å². The molecular weight excluding hydrogens is 302 g/mol. The van der Waals surface area contributed by atoms with E-state index in [9.17, 15) is 14.4 Å². The lowest BCUT2D eigenvalue weighted by atomic mass is 10.2. The van der Waals surface area contributed by atoms with Crippen molar-refractivity contribution in [3.05, 3.63) is 42.0 Å². The first-order chi connectivity index (χ1) is 10.9. The van der Waals surface area contributed by atoms with Gasteiger partial charge in [0.2, 0.25) is 6.29 Å². The van der Waals surface area contributed by atoms with Gasteiger partial charge in [-0.1, -0.05) is 30.3 Å². The molecule has 2 rings (SSSR count). The fourth-order valence-corrected chi connectivity index (χ4v) is 1.85. The Kier molecular flexibility index (Phi) is 5.00. The molecular formula is C16H17NO6. The van der Waals surface area contributed by atoms with Crippen LogP contribution in [0.1, 0.15) is 25.3 Å². The number of carbonyl (C=O) groups excluding carboxylic acids is 2. The topological polar surface area (TPSA) is 102 Å². The molecule has 1 aromatic carbocycles. The molecule has 0 radical (unpaired) electrons. The van der Waals surface area contributed by atoms with Crippen molar-refractivity contribution in [1.82, 2.24) is 5.32 Å². The highest BCUT2D eigenvalue weighted by Gasteiger charge is 2.52. The van der Waals surface area contributed by atoms with Gasteiger partial charge in [-0.05, 0) is 24.5 Å². The third-order valence-corrected chi connectivity index (χ3v) is 3.27. The first kappa shape index (κ1) is 16.5.